The van der Waals surface area contributed by atoms with Crippen LogP contribution in [-0.4, -0.2) is 31.5 Å². The predicted molar refractivity (Wildman–Crippen MR) is 94.9 cm³/mol. The molecule has 0 fully saturated rings. The van der Waals surface area contributed by atoms with Gasteiger partial charge in [0.2, 0.25) is 5.91 Å². The Morgan fingerprint density at radius 2 is 2.17 bits per heavy atom. The van der Waals surface area contributed by atoms with Gasteiger partial charge in [0.1, 0.15) is 12.4 Å². The van der Waals surface area contributed by atoms with Gasteiger partial charge in [0.05, 0.1) is 17.1 Å². The number of carbonyl (C=O) groups excluding carboxylic acids is 2. The smallest absolute Gasteiger partial charge is 0.268 e. The third-order valence-corrected chi connectivity index (χ3v) is 4.75. The summed E-state index contributed by atoms with van der Waals surface area (Å²) in [4.78, 5) is 26.3. The highest BCUT2D eigenvalue weighted by Gasteiger charge is 2.27. The lowest BCUT2D eigenvalue weighted by Gasteiger charge is -2.31. The standard InChI is InChI=1S/C18H20N2O3S/c1-13(21)19-9-11-23-15-7-2-5-14-6-3-10-20(17(14)15)18(22)16-8-4-12-24-16/h2,4-5,7-8,12H,3,6,9-11H2,1H3,(H,19,21). The molecule has 0 spiro atoms. The van der Waals surface area contributed by atoms with Crippen molar-refractivity contribution >= 4 is 28.8 Å². The second-order valence-corrected chi connectivity index (χ2v) is 6.58. The molecule has 2 amide bonds. The van der Waals surface area contributed by atoms with E-state index in [1.165, 1.54) is 18.3 Å². The summed E-state index contributed by atoms with van der Waals surface area (Å²) < 4.78 is 5.85. The fourth-order valence-corrected chi connectivity index (χ4v) is 3.53. The van der Waals surface area contributed by atoms with E-state index in [9.17, 15) is 9.59 Å². The molecule has 1 aliphatic rings. The lowest BCUT2D eigenvalue weighted by molar-refractivity contribution is -0.119. The van der Waals surface area contributed by atoms with Crippen molar-refractivity contribution in [3.8, 4) is 5.75 Å². The van der Waals surface area contributed by atoms with Gasteiger partial charge in [0.25, 0.3) is 5.91 Å². The molecule has 1 aliphatic heterocycles. The number of thiophene rings is 1. The van der Waals surface area contributed by atoms with Crippen LogP contribution in [0.1, 0.15) is 28.6 Å². The SMILES string of the molecule is CC(=O)NCCOc1cccc2c1N(C(=O)c1cccs1)CCC2. The highest BCUT2D eigenvalue weighted by Crippen LogP contribution is 2.37. The Labute approximate surface area is 145 Å². The third-order valence-electron chi connectivity index (χ3n) is 3.89. The third kappa shape index (κ3) is 3.59. The van der Waals surface area contributed by atoms with E-state index in [0.717, 1.165) is 29.0 Å². The first-order valence-electron chi connectivity index (χ1n) is 8.01. The van der Waals surface area contributed by atoms with Crippen molar-refractivity contribution in [1.82, 2.24) is 5.32 Å². The number of anilines is 1. The zero-order chi connectivity index (χ0) is 16.9. The summed E-state index contributed by atoms with van der Waals surface area (Å²) >= 11 is 1.45. The van der Waals surface area contributed by atoms with Gasteiger partial charge in [-0.25, -0.2) is 0 Å². The van der Waals surface area contributed by atoms with Gasteiger partial charge in [-0.05, 0) is 35.9 Å². The first-order chi connectivity index (χ1) is 11.7. The normalized spacial score (nSPS) is 13.3. The second kappa shape index (κ2) is 7.49. The van der Waals surface area contributed by atoms with E-state index in [1.54, 1.807) is 0 Å². The minimum atomic E-state index is -0.0804. The molecule has 1 aromatic carbocycles. The average Bonchev–Trinajstić information content (AvgIpc) is 3.12. The molecule has 0 saturated heterocycles. The van der Waals surface area contributed by atoms with Gasteiger partial charge < -0.3 is 15.0 Å². The minimum absolute atomic E-state index is 0.0175. The maximum Gasteiger partial charge on any atom is 0.268 e. The first-order valence-corrected chi connectivity index (χ1v) is 8.89. The van der Waals surface area contributed by atoms with Crippen LogP contribution in [0.25, 0.3) is 0 Å². The molecule has 1 N–H and O–H groups in total. The van der Waals surface area contributed by atoms with Crippen LogP contribution in [-0.2, 0) is 11.2 Å². The molecule has 2 heterocycles. The number of amides is 2. The van der Waals surface area contributed by atoms with Crippen molar-refractivity contribution in [3.63, 3.8) is 0 Å². The molecule has 2 aromatic rings. The molecule has 5 nitrogen and oxygen atoms in total. The van der Waals surface area contributed by atoms with E-state index in [0.29, 0.717) is 25.4 Å². The van der Waals surface area contributed by atoms with E-state index in [4.69, 9.17) is 4.74 Å². The van der Waals surface area contributed by atoms with Crippen LogP contribution < -0.4 is 15.0 Å². The summed E-state index contributed by atoms with van der Waals surface area (Å²) in [6, 6.07) is 9.61. The van der Waals surface area contributed by atoms with Crippen LogP contribution in [0, 0.1) is 0 Å². The Kier molecular flexibility index (Phi) is 5.15. The number of fused-ring (bicyclic) bond motifs is 1. The zero-order valence-electron chi connectivity index (χ0n) is 13.6. The molecule has 0 unspecified atom stereocenters. The van der Waals surface area contributed by atoms with Crippen molar-refractivity contribution in [2.75, 3.05) is 24.6 Å². The summed E-state index contributed by atoms with van der Waals surface area (Å²) in [6.07, 6.45) is 1.88. The number of para-hydroxylation sites is 1. The fourth-order valence-electron chi connectivity index (χ4n) is 2.86. The maximum absolute atomic E-state index is 12.8. The molecular formula is C18H20N2O3S. The summed E-state index contributed by atoms with van der Waals surface area (Å²) in [5, 5.41) is 4.62. The number of rotatable bonds is 5. The Hall–Kier alpha value is -2.34. The van der Waals surface area contributed by atoms with Gasteiger partial charge in [-0.3, -0.25) is 9.59 Å². The number of carbonyl (C=O) groups is 2. The van der Waals surface area contributed by atoms with Crippen LogP contribution in [0.3, 0.4) is 0 Å². The summed E-state index contributed by atoms with van der Waals surface area (Å²) in [7, 11) is 0. The molecule has 3 rings (SSSR count). The highest BCUT2D eigenvalue weighted by atomic mass is 32.1. The number of ether oxygens (including phenoxy) is 1. The van der Waals surface area contributed by atoms with Gasteiger partial charge in [0.15, 0.2) is 0 Å². The molecule has 6 heteroatoms. The number of nitrogens with zero attached hydrogens (tertiary/aromatic N) is 1. The second-order valence-electron chi connectivity index (χ2n) is 5.63. The summed E-state index contributed by atoms with van der Waals surface area (Å²) in [5.41, 5.74) is 1.99. The van der Waals surface area contributed by atoms with E-state index < -0.39 is 0 Å². The molecule has 1 aromatic heterocycles. The van der Waals surface area contributed by atoms with E-state index in [2.05, 4.69) is 5.32 Å². The Morgan fingerprint density at radius 1 is 1.29 bits per heavy atom. The number of hydrogen-bond acceptors (Lipinski definition) is 4. The van der Waals surface area contributed by atoms with Crippen molar-refractivity contribution in [3.05, 3.63) is 46.2 Å². The van der Waals surface area contributed by atoms with E-state index in [-0.39, 0.29) is 11.8 Å². The number of aryl methyl sites for hydroxylation is 1. The van der Waals surface area contributed by atoms with Crippen LogP contribution in [0.2, 0.25) is 0 Å². The lowest BCUT2D eigenvalue weighted by Crippen LogP contribution is -2.35. The number of hydrogen-bond donors (Lipinski definition) is 1. The molecule has 0 saturated carbocycles. The maximum atomic E-state index is 12.8. The van der Waals surface area contributed by atoms with Crippen LogP contribution in [0.5, 0.6) is 5.75 Å². The van der Waals surface area contributed by atoms with Crippen molar-refractivity contribution in [1.29, 1.82) is 0 Å². The van der Waals surface area contributed by atoms with Crippen LogP contribution in [0.15, 0.2) is 35.7 Å². The summed E-state index contributed by atoms with van der Waals surface area (Å²) in [6.45, 7) is 2.98. The topological polar surface area (TPSA) is 58.6 Å². The van der Waals surface area contributed by atoms with Crippen molar-refractivity contribution in [2.24, 2.45) is 0 Å². The predicted octanol–water partition coefficient (Wildman–Crippen LogP) is 2.86. The molecule has 24 heavy (non-hydrogen) atoms. The quantitative estimate of drug-likeness (QED) is 0.849. The average molecular weight is 344 g/mol. The Bertz CT molecular complexity index is 728. The van der Waals surface area contributed by atoms with Crippen LogP contribution in [0.4, 0.5) is 5.69 Å². The lowest BCUT2D eigenvalue weighted by atomic mass is 10.0. The number of benzene rings is 1. The monoisotopic (exact) mass is 344 g/mol. The molecule has 0 bridgehead atoms. The molecule has 0 atom stereocenters. The van der Waals surface area contributed by atoms with Gasteiger partial charge in [-0.1, -0.05) is 18.2 Å². The molecule has 0 aliphatic carbocycles. The van der Waals surface area contributed by atoms with Gasteiger partial charge in [-0.2, -0.15) is 0 Å². The molecular weight excluding hydrogens is 324 g/mol. The van der Waals surface area contributed by atoms with Crippen LogP contribution >= 0.6 is 11.3 Å². The Balaban J connectivity index is 1.82. The van der Waals surface area contributed by atoms with Gasteiger partial charge in [-0.15, -0.1) is 11.3 Å². The molecule has 126 valence electrons. The first kappa shape index (κ1) is 16.5. The minimum Gasteiger partial charge on any atom is -0.490 e. The van der Waals surface area contributed by atoms with E-state index >= 15 is 0 Å². The van der Waals surface area contributed by atoms with Gasteiger partial charge >= 0.3 is 0 Å². The highest BCUT2D eigenvalue weighted by molar-refractivity contribution is 7.12. The largest absolute Gasteiger partial charge is 0.490 e. The van der Waals surface area contributed by atoms with Gasteiger partial charge in [0, 0.05) is 13.5 Å². The zero-order valence-corrected chi connectivity index (χ0v) is 14.4. The number of nitrogens with one attached hydrogen (secondary N) is 1. The Morgan fingerprint density at radius 3 is 2.92 bits per heavy atom. The molecule has 0 radical (unpaired) electrons. The van der Waals surface area contributed by atoms with Crippen molar-refractivity contribution < 1.29 is 14.3 Å². The van der Waals surface area contributed by atoms with Crippen molar-refractivity contribution in [2.45, 2.75) is 19.8 Å². The fraction of sp³-hybridized carbons (Fsp3) is 0.333. The summed E-state index contributed by atoms with van der Waals surface area (Å²) in [5.74, 6) is 0.634. The van der Waals surface area contributed by atoms with E-state index in [1.807, 2.05) is 40.6 Å².